The van der Waals surface area contributed by atoms with E-state index in [1.165, 1.54) is 0 Å². The second kappa shape index (κ2) is 8.03. The molecule has 0 aliphatic carbocycles. The van der Waals surface area contributed by atoms with Crippen molar-refractivity contribution < 1.29 is 14.1 Å². The van der Waals surface area contributed by atoms with E-state index < -0.39 is 0 Å². The first kappa shape index (κ1) is 17.4. The third-order valence-electron chi connectivity index (χ3n) is 3.18. The summed E-state index contributed by atoms with van der Waals surface area (Å²) in [7, 11) is 1.92. The molecule has 124 valence electrons. The maximum atomic E-state index is 11.8. The normalized spacial score (nSPS) is 12.3. The Kier molecular flexibility index (Phi) is 6.06. The molecule has 2 rings (SSSR count). The Morgan fingerprint density at radius 3 is 2.74 bits per heavy atom. The molecule has 1 heterocycles. The van der Waals surface area contributed by atoms with Gasteiger partial charge in [-0.25, -0.2) is 0 Å². The molecular formula is C16H23N4O2S+. The number of nitrogens with one attached hydrogen (secondary N) is 2. The van der Waals surface area contributed by atoms with Crippen LogP contribution in [0.4, 0.5) is 0 Å². The lowest BCUT2D eigenvalue weighted by atomic mass is 10.2. The van der Waals surface area contributed by atoms with E-state index in [4.69, 9.17) is 16.6 Å². The standard InChI is InChI=1S/C16H22N4O2S/c1-12(2)17-14(21)10-19(3)11-20-16(23)22-15(18-20)9-13-7-5-4-6-8-13/h4-8,12H,9-11H2,1-3H3,(H,17,21)/p+1. The lowest BCUT2D eigenvalue weighted by molar-refractivity contribution is -0.895. The maximum Gasteiger partial charge on any atom is 0.291 e. The maximum absolute atomic E-state index is 11.8. The number of quaternary nitrogens is 1. The first-order valence-electron chi connectivity index (χ1n) is 7.65. The van der Waals surface area contributed by atoms with E-state index in [1.807, 2.05) is 51.2 Å². The fraction of sp³-hybridized carbons (Fsp3) is 0.438. The molecule has 0 saturated heterocycles. The van der Waals surface area contributed by atoms with Crippen LogP contribution in [-0.2, 0) is 17.9 Å². The summed E-state index contributed by atoms with van der Waals surface area (Å²) in [5.41, 5.74) is 1.12. The summed E-state index contributed by atoms with van der Waals surface area (Å²) in [6.45, 7) is 4.73. The van der Waals surface area contributed by atoms with Gasteiger partial charge < -0.3 is 14.6 Å². The number of likely N-dealkylation sites (N-methyl/N-ethyl adjacent to an activating group) is 1. The van der Waals surface area contributed by atoms with Gasteiger partial charge in [-0.15, -0.1) is 5.10 Å². The number of rotatable bonds is 7. The van der Waals surface area contributed by atoms with Gasteiger partial charge in [-0.05, 0) is 31.6 Å². The fourth-order valence-electron chi connectivity index (χ4n) is 2.25. The van der Waals surface area contributed by atoms with Crippen LogP contribution in [0.25, 0.3) is 0 Å². The van der Waals surface area contributed by atoms with Gasteiger partial charge >= 0.3 is 0 Å². The minimum atomic E-state index is 0.0111. The molecule has 0 aliphatic rings. The molecule has 0 radical (unpaired) electrons. The highest BCUT2D eigenvalue weighted by atomic mass is 32.1. The Bertz CT molecular complexity index is 694. The first-order valence-corrected chi connectivity index (χ1v) is 8.06. The van der Waals surface area contributed by atoms with Crippen molar-refractivity contribution in [2.45, 2.75) is 33.0 Å². The van der Waals surface area contributed by atoms with Crippen molar-refractivity contribution in [3.8, 4) is 0 Å². The molecule has 7 heteroatoms. The van der Waals surface area contributed by atoms with Crippen molar-refractivity contribution in [1.29, 1.82) is 0 Å². The van der Waals surface area contributed by atoms with Crippen LogP contribution in [0, 0.1) is 4.84 Å². The van der Waals surface area contributed by atoms with Gasteiger partial charge in [-0.2, -0.15) is 4.68 Å². The molecule has 23 heavy (non-hydrogen) atoms. The Labute approximate surface area is 141 Å². The summed E-state index contributed by atoms with van der Waals surface area (Å²) in [6.07, 6.45) is 0.602. The summed E-state index contributed by atoms with van der Waals surface area (Å²) in [5.74, 6) is 0.595. The number of hydrogen-bond acceptors (Lipinski definition) is 4. The molecule has 1 atom stereocenters. The molecule has 0 fully saturated rings. The van der Waals surface area contributed by atoms with Gasteiger partial charge in [-0.1, -0.05) is 30.3 Å². The number of nitrogens with zero attached hydrogens (tertiary/aromatic N) is 2. The number of amides is 1. The quantitative estimate of drug-likeness (QED) is 0.735. The van der Waals surface area contributed by atoms with E-state index in [1.54, 1.807) is 4.68 Å². The summed E-state index contributed by atoms with van der Waals surface area (Å²) < 4.78 is 7.17. The van der Waals surface area contributed by atoms with Crippen molar-refractivity contribution in [3.63, 3.8) is 0 Å². The van der Waals surface area contributed by atoms with Gasteiger partial charge in [-0.3, -0.25) is 4.79 Å². The number of carbonyl (C=O) groups is 1. The highest BCUT2D eigenvalue weighted by molar-refractivity contribution is 7.71. The van der Waals surface area contributed by atoms with Crippen LogP contribution < -0.4 is 10.2 Å². The lowest BCUT2D eigenvalue weighted by Crippen LogP contribution is -3.09. The van der Waals surface area contributed by atoms with Crippen LogP contribution in [0.15, 0.2) is 34.7 Å². The van der Waals surface area contributed by atoms with Gasteiger partial charge in [0.1, 0.15) is 0 Å². The zero-order valence-electron chi connectivity index (χ0n) is 13.7. The van der Waals surface area contributed by atoms with Crippen molar-refractivity contribution in [2.24, 2.45) is 0 Å². The highest BCUT2D eigenvalue weighted by Crippen LogP contribution is 2.07. The Morgan fingerprint density at radius 2 is 2.09 bits per heavy atom. The predicted octanol–water partition coefficient (Wildman–Crippen LogP) is 0.793. The molecule has 0 bridgehead atoms. The van der Waals surface area contributed by atoms with E-state index >= 15 is 0 Å². The van der Waals surface area contributed by atoms with E-state index in [-0.39, 0.29) is 11.9 Å². The topological polar surface area (TPSA) is 64.5 Å². The van der Waals surface area contributed by atoms with Crippen molar-refractivity contribution in [2.75, 3.05) is 13.6 Å². The zero-order valence-corrected chi connectivity index (χ0v) is 14.5. The Hall–Kier alpha value is -1.99. The molecule has 2 N–H and O–H groups in total. The van der Waals surface area contributed by atoms with Gasteiger partial charge in [0.15, 0.2) is 13.2 Å². The van der Waals surface area contributed by atoms with E-state index in [2.05, 4.69) is 10.4 Å². The fourth-order valence-corrected chi connectivity index (χ4v) is 2.45. The Morgan fingerprint density at radius 1 is 1.39 bits per heavy atom. The van der Waals surface area contributed by atoms with Gasteiger partial charge in [0.05, 0.1) is 13.5 Å². The second-order valence-electron chi connectivity index (χ2n) is 5.94. The summed E-state index contributed by atoms with van der Waals surface area (Å²) >= 11 is 5.21. The molecule has 1 aromatic carbocycles. The minimum Gasteiger partial charge on any atom is -0.413 e. The average molecular weight is 335 g/mol. The minimum absolute atomic E-state index is 0.0111. The number of benzene rings is 1. The molecule has 1 unspecified atom stereocenters. The largest absolute Gasteiger partial charge is 0.413 e. The zero-order chi connectivity index (χ0) is 16.8. The third-order valence-corrected chi connectivity index (χ3v) is 3.47. The smallest absolute Gasteiger partial charge is 0.291 e. The molecule has 0 spiro atoms. The SMILES string of the molecule is CC(C)NC(=O)C[NH+](C)Cn1nc(Cc2ccccc2)oc1=S. The van der Waals surface area contributed by atoms with Crippen LogP contribution >= 0.6 is 12.2 Å². The first-order chi connectivity index (χ1) is 10.9. The van der Waals surface area contributed by atoms with Crippen molar-refractivity contribution in [1.82, 2.24) is 15.1 Å². The van der Waals surface area contributed by atoms with Crippen LogP contribution in [-0.4, -0.2) is 35.3 Å². The highest BCUT2D eigenvalue weighted by Gasteiger charge is 2.14. The number of hydrogen-bond donors (Lipinski definition) is 2. The molecular weight excluding hydrogens is 312 g/mol. The van der Waals surface area contributed by atoms with Gasteiger partial charge in [0.2, 0.25) is 5.89 Å². The lowest BCUT2D eigenvalue weighted by Gasteiger charge is -2.14. The van der Waals surface area contributed by atoms with Crippen LogP contribution in [0.3, 0.4) is 0 Å². The van der Waals surface area contributed by atoms with Gasteiger partial charge in [0, 0.05) is 6.04 Å². The molecule has 1 aromatic heterocycles. The van der Waals surface area contributed by atoms with Crippen LogP contribution in [0.5, 0.6) is 0 Å². The van der Waals surface area contributed by atoms with Crippen molar-refractivity contribution >= 4 is 18.1 Å². The van der Waals surface area contributed by atoms with E-state index in [9.17, 15) is 4.79 Å². The second-order valence-corrected chi connectivity index (χ2v) is 6.29. The van der Waals surface area contributed by atoms with Crippen LogP contribution in [0.2, 0.25) is 0 Å². The number of aromatic nitrogens is 2. The summed E-state index contributed by atoms with van der Waals surface area (Å²) in [6, 6.07) is 10.1. The molecule has 0 aliphatic heterocycles. The number of carbonyl (C=O) groups excluding carboxylic acids is 1. The summed E-state index contributed by atoms with van der Waals surface area (Å²) in [4.78, 5) is 13.1. The van der Waals surface area contributed by atoms with Gasteiger partial charge in [0.25, 0.3) is 10.7 Å². The average Bonchev–Trinajstić information content (AvgIpc) is 2.78. The van der Waals surface area contributed by atoms with E-state index in [0.717, 1.165) is 10.5 Å². The molecule has 1 amide bonds. The molecule has 2 aromatic rings. The summed E-state index contributed by atoms with van der Waals surface area (Å²) in [5, 5.41) is 7.28. The Balaban J connectivity index is 1.96. The monoisotopic (exact) mass is 335 g/mol. The predicted molar refractivity (Wildman–Crippen MR) is 89.6 cm³/mol. The van der Waals surface area contributed by atoms with Crippen LogP contribution in [0.1, 0.15) is 25.3 Å². The third kappa shape index (κ3) is 5.61. The molecule has 6 nitrogen and oxygen atoms in total. The van der Waals surface area contributed by atoms with Crippen molar-refractivity contribution in [3.05, 3.63) is 46.6 Å². The van der Waals surface area contributed by atoms with E-state index in [0.29, 0.717) is 30.4 Å². The molecule has 0 saturated carbocycles.